The topological polar surface area (TPSA) is 47.3 Å². The second kappa shape index (κ2) is 5.44. The van der Waals surface area contributed by atoms with Crippen molar-refractivity contribution in [3.8, 4) is 6.07 Å². The van der Waals surface area contributed by atoms with Crippen molar-refractivity contribution in [3.63, 3.8) is 0 Å². The zero-order chi connectivity index (χ0) is 11.4. The van der Waals surface area contributed by atoms with E-state index in [2.05, 4.69) is 11.0 Å². The van der Waals surface area contributed by atoms with E-state index in [1.165, 1.54) is 17.7 Å². The Bertz CT molecular complexity index is 383. The van der Waals surface area contributed by atoms with Gasteiger partial charge in [0.2, 0.25) is 0 Å². The van der Waals surface area contributed by atoms with Crippen LogP contribution in [-0.2, 0) is 6.54 Å². The summed E-state index contributed by atoms with van der Waals surface area (Å²) >= 11 is 1.63. The average Bonchev–Trinajstić information content (AvgIpc) is 2.77. The molecule has 1 aromatic heterocycles. The van der Waals surface area contributed by atoms with Gasteiger partial charge in [-0.25, -0.2) is 0 Å². The molecule has 1 atom stereocenters. The van der Waals surface area contributed by atoms with Crippen LogP contribution in [0.4, 0.5) is 0 Å². The number of aliphatic hydroxyl groups is 1. The first kappa shape index (κ1) is 11.6. The van der Waals surface area contributed by atoms with E-state index >= 15 is 0 Å². The molecule has 1 aliphatic rings. The Morgan fingerprint density at radius 2 is 2.44 bits per heavy atom. The van der Waals surface area contributed by atoms with Gasteiger partial charge in [-0.15, -0.1) is 11.3 Å². The molecule has 0 radical (unpaired) electrons. The van der Waals surface area contributed by atoms with Gasteiger partial charge < -0.3 is 5.11 Å². The first-order valence-corrected chi connectivity index (χ1v) is 6.54. The predicted molar refractivity (Wildman–Crippen MR) is 64.2 cm³/mol. The Hall–Kier alpha value is -0.890. The molecule has 0 aliphatic carbocycles. The van der Waals surface area contributed by atoms with Crippen LogP contribution in [0.25, 0.3) is 0 Å². The molecule has 1 fully saturated rings. The van der Waals surface area contributed by atoms with Gasteiger partial charge in [-0.05, 0) is 25.5 Å². The zero-order valence-electron chi connectivity index (χ0n) is 9.22. The lowest BCUT2D eigenvalue weighted by atomic mass is 10.0. The van der Waals surface area contributed by atoms with Crippen LogP contribution >= 0.6 is 11.3 Å². The quantitative estimate of drug-likeness (QED) is 0.872. The molecule has 3 nitrogen and oxygen atoms in total. The molecule has 1 N–H and O–H groups in total. The first-order chi connectivity index (χ1) is 7.83. The number of piperidine rings is 1. The van der Waals surface area contributed by atoms with Gasteiger partial charge in [-0.1, -0.05) is 6.42 Å². The third-order valence-electron chi connectivity index (χ3n) is 3.10. The molecule has 1 saturated heterocycles. The lowest BCUT2D eigenvalue weighted by molar-refractivity contribution is 0.0850. The maximum atomic E-state index is 9.30. The van der Waals surface area contributed by atoms with Crippen LogP contribution in [0.2, 0.25) is 0 Å². The van der Waals surface area contributed by atoms with Crippen molar-refractivity contribution in [2.45, 2.75) is 31.8 Å². The van der Waals surface area contributed by atoms with Crippen LogP contribution in [0, 0.1) is 11.3 Å². The van der Waals surface area contributed by atoms with Crippen molar-refractivity contribution < 1.29 is 5.11 Å². The van der Waals surface area contributed by atoms with Crippen molar-refractivity contribution in [2.24, 2.45) is 0 Å². The minimum atomic E-state index is 0.247. The molecule has 0 amide bonds. The fourth-order valence-corrected chi connectivity index (χ4v) is 3.03. The summed E-state index contributed by atoms with van der Waals surface area (Å²) in [5, 5.41) is 20.0. The van der Waals surface area contributed by atoms with Crippen LogP contribution in [0.3, 0.4) is 0 Å². The molecular formula is C12H16N2OS. The highest BCUT2D eigenvalue weighted by molar-refractivity contribution is 7.10. The number of likely N-dealkylation sites (tertiary alicyclic amines) is 1. The standard InChI is InChI=1S/C12H16N2OS/c13-6-10-5-12(16-9-10)7-14-4-2-1-3-11(14)8-15/h5,9,11,15H,1-4,7-8H2. The summed E-state index contributed by atoms with van der Waals surface area (Å²) in [6.07, 6.45) is 3.52. The minimum absolute atomic E-state index is 0.247. The molecule has 16 heavy (non-hydrogen) atoms. The molecule has 1 aromatic rings. The SMILES string of the molecule is N#Cc1csc(CN2CCCCC2CO)c1. The van der Waals surface area contributed by atoms with Crippen molar-refractivity contribution in [1.29, 1.82) is 5.26 Å². The molecule has 4 heteroatoms. The maximum Gasteiger partial charge on any atom is 0.100 e. The highest BCUT2D eigenvalue weighted by Gasteiger charge is 2.21. The van der Waals surface area contributed by atoms with Crippen molar-refractivity contribution in [3.05, 3.63) is 21.9 Å². The van der Waals surface area contributed by atoms with Crippen LogP contribution in [0.15, 0.2) is 11.4 Å². The van der Waals surface area contributed by atoms with E-state index in [0.29, 0.717) is 6.04 Å². The molecule has 1 aliphatic heterocycles. The van der Waals surface area contributed by atoms with Crippen molar-refractivity contribution in [1.82, 2.24) is 4.90 Å². The number of hydrogen-bond donors (Lipinski definition) is 1. The third-order valence-corrected chi connectivity index (χ3v) is 4.02. The van der Waals surface area contributed by atoms with Crippen molar-refractivity contribution >= 4 is 11.3 Å². The van der Waals surface area contributed by atoms with Gasteiger partial charge in [0.05, 0.1) is 12.2 Å². The van der Waals surface area contributed by atoms with Gasteiger partial charge in [0.1, 0.15) is 6.07 Å². The molecule has 86 valence electrons. The Morgan fingerprint density at radius 1 is 1.56 bits per heavy atom. The lowest BCUT2D eigenvalue weighted by Crippen LogP contribution is -2.40. The number of aliphatic hydroxyl groups excluding tert-OH is 1. The second-order valence-corrected chi connectivity index (χ2v) is 5.21. The van der Waals surface area contributed by atoms with E-state index in [9.17, 15) is 5.11 Å². The minimum Gasteiger partial charge on any atom is -0.395 e. The van der Waals surface area contributed by atoms with E-state index in [0.717, 1.165) is 25.1 Å². The molecule has 0 bridgehead atoms. The van der Waals surface area contributed by atoms with Gasteiger partial charge in [0.25, 0.3) is 0 Å². The van der Waals surface area contributed by atoms with Crippen LogP contribution in [0.1, 0.15) is 29.7 Å². The van der Waals surface area contributed by atoms with Gasteiger partial charge >= 0.3 is 0 Å². The highest BCUT2D eigenvalue weighted by Crippen LogP contribution is 2.22. The van der Waals surface area contributed by atoms with E-state index < -0.39 is 0 Å². The van der Waals surface area contributed by atoms with E-state index in [4.69, 9.17) is 5.26 Å². The number of thiophene rings is 1. The first-order valence-electron chi connectivity index (χ1n) is 5.66. The number of nitrogens with zero attached hydrogens (tertiary/aromatic N) is 2. The molecule has 2 heterocycles. The monoisotopic (exact) mass is 236 g/mol. The third kappa shape index (κ3) is 2.62. The zero-order valence-corrected chi connectivity index (χ0v) is 10.0. The summed E-state index contributed by atoms with van der Waals surface area (Å²) in [4.78, 5) is 3.55. The van der Waals surface area contributed by atoms with E-state index in [-0.39, 0.29) is 6.61 Å². The molecule has 2 rings (SSSR count). The van der Waals surface area contributed by atoms with Crippen LogP contribution < -0.4 is 0 Å². The Morgan fingerprint density at radius 3 is 3.12 bits per heavy atom. The van der Waals surface area contributed by atoms with E-state index in [1.54, 1.807) is 11.3 Å². The maximum absolute atomic E-state index is 9.30. The Labute approximate surface area is 99.9 Å². The summed E-state index contributed by atoms with van der Waals surface area (Å²) in [6, 6.07) is 4.41. The molecule has 0 saturated carbocycles. The fraction of sp³-hybridized carbons (Fsp3) is 0.583. The summed E-state index contributed by atoms with van der Waals surface area (Å²) in [5.74, 6) is 0. The summed E-state index contributed by atoms with van der Waals surface area (Å²) in [5.41, 5.74) is 0.748. The highest BCUT2D eigenvalue weighted by atomic mass is 32.1. The van der Waals surface area contributed by atoms with Crippen LogP contribution in [-0.4, -0.2) is 29.2 Å². The van der Waals surface area contributed by atoms with Crippen molar-refractivity contribution in [2.75, 3.05) is 13.2 Å². The fourth-order valence-electron chi connectivity index (χ4n) is 2.20. The summed E-state index contributed by atoms with van der Waals surface area (Å²) < 4.78 is 0. The summed E-state index contributed by atoms with van der Waals surface area (Å²) in [7, 11) is 0. The number of rotatable bonds is 3. The molecular weight excluding hydrogens is 220 g/mol. The number of hydrogen-bond acceptors (Lipinski definition) is 4. The van der Waals surface area contributed by atoms with Gasteiger partial charge in [-0.2, -0.15) is 5.26 Å². The normalized spacial score (nSPS) is 21.9. The molecule has 1 unspecified atom stereocenters. The average molecular weight is 236 g/mol. The smallest absolute Gasteiger partial charge is 0.100 e. The Balaban J connectivity index is 1.99. The second-order valence-electron chi connectivity index (χ2n) is 4.22. The largest absolute Gasteiger partial charge is 0.395 e. The summed E-state index contributed by atoms with van der Waals surface area (Å²) in [6.45, 7) is 2.18. The van der Waals surface area contributed by atoms with Crippen LogP contribution in [0.5, 0.6) is 0 Å². The van der Waals surface area contributed by atoms with E-state index in [1.807, 2.05) is 11.4 Å². The lowest BCUT2D eigenvalue weighted by Gasteiger charge is -2.34. The van der Waals surface area contributed by atoms with Gasteiger partial charge in [-0.3, -0.25) is 4.90 Å². The Kier molecular flexibility index (Phi) is 3.94. The molecule has 0 spiro atoms. The molecule has 0 aromatic carbocycles. The van der Waals surface area contributed by atoms with Gasteiger partial charge in [0.15, 0.2) is 0 Å². The number of nitriles is 1. The predicted octanol–water partition coefficient (Wildman–Crippen LogP) is 1.97. The van der Waals surface area contributed by atoms with Gasteiger partial charge in [0, 0.05) is 22.8 Å².